The summed E-state index contributed by atoms with van der Waals surface area (Å²) in [6, 6.07) is 0. The number of hydrogen-bond donors (Lipinski definition) is 0. The van der Waals surface area contributed by atoms with Gasteiger partial charge in [0, 0.05) is 20.3 Å². The van der Waals surface area contributed by atoms with Gasteiger partial charge in [-0.1, -0.05) is 26.3 Å². The Labute approximate surface area is 99.8 Å². The van der Waals surface area contributed by atoms with Crippen LogP contribution in [0.4, 0.5) is 0 Å². The van der Waals surface area contributed by atoms with Crippen molar-refractivity contribution in [1.82, 2.24) is 0 Å². The van der Waals surface area contributed by atoms with Crippen LogP contribution in [0.1, 0.15) is 26.2 Å². The largest absolute Gasteiger partial charge is 0.464 e. The summed E-state index contributed by atoms with van der Waals surface area (Å²) in [5.74, 6) is -0.556. The lowest BCUT2D eigenvalue weighted by Gasteiger charge is -2.20. The van der Waals surface area contributed by atoms with E-state index in [0.29, 0.717) is 0 Å². The molecule has 0 aliphatic rings. The maximum absolute atomic E-state index is 11.1. The third kappa shape index (κ3) is 6.76. The van der Waals surface area contributed by atoms with Gasteiger partial charge in [0.25, 0.3) is 0 Å². The van der Waals surface area contributed by atoms with Crippen molar-refractivity contribution in [3.05, 3.63) is 12.7 Å². The number of rotatable bonds is 9. The summed E-state index contributed by atoms with van der Waals surface area (Å²) in [5, 5.41) is 0. The summed E-state index contributed by atoms with van der Waals surface area (Å²) in [5.41, 5.74) is -0.0321. The Morgan fingerprint density at radius 2 is 2.06 bits per heavy atom. The van der Waals surface area contributed by atoms with Gasteiger partial charge in [-0.05, 0) is 6.42 Å². The molecule has 0 rings (SSSR count). The molecule has 0 aromatic heterocycles. The van der Waals surface area contributed by atoms with E-state index in [2.05, 4.69) is 13.5 Å². The summed E-state index contributed by atoms with van der Waals surface area (Å²) in [4.78, 5) is 11.1. The molecule has 0 radical (unpaired) electrons. The highest BCUT2D eigenvalue weighted by molar-refractivity contribution is 6.38. The van der Waals surface area contributed by atoms with Crippen LogP contribution in [-0.4, -0.2) is 41.3 Å². The summed E-state index contributed by atoms with van der Waals surface area (Å²) in [7, 11) is 2.44. The number of ether oxygens (including phenoxy) is 3. The first-order valence-corrected chi connectivity index (χ1v) is 7.19. The van der Waals surface area contributed by atoms with Crippen LogP contribution in [0.15, 0.2) is 12.7 Å². The first-order valence-electron chi connectivity index (χ1n) is 5.56. The molecule has 4 nitrogen and oxygen atoms in total. The molecule has 0 aromatic carbocycles. The maximum Gasteiger partial charge on any atom is 0.330 e. The van der Waals surface area contributed by atoms with Crippen LogP contribution in [0.25, 0.3) is 0 Å². The Balaban J connectivity index is 4.17. The van der Waals surface area contributed by atoms with Crippen molar-refractivity contribution in [2.75, 3.05) is 14.2 Å². The lowest BCUT2D eigenvalue weighted by Crippen LogP contribution is -2.34. The van der Waals surface area contributed by atoms with E-state index in [1.54, 1.807) is 14.2 Å². The Bertz CT molecular complexity index is 204. The molecule has 0 fully saturated rings. The van der Waals surface area contributed by atoms with E-state index < -0.39 is 9.52 Å². The molecule has 0 saturated carbocycles. The van der Waals surface area contributed by atoms with Crippen LogP contribution >= 0.6 is 0 Å². The average Bonchev–Trinajstić information content (AvgIpc) is 2.32. The monoisotopic (exact) mass is 246 g/mol. The van der Waals surface area contributed by atoms with Crippen molar-refractivity contribution in [2.45, 2.75) is 37.8 Å². The van der Waals surface area contributed by atoms with E-state index in [-0.39, 0.29) is 17.6 Å². The van der Waals surface area contributed by atoms with E-state index in [9.17, 15) is 4.79 Å². The predicted molar refractivity (Wildman–Crippen MR) is 66.0 cm³/mol. The molecule has 0 N–H and O–H groups in total. The molecule has 0 heterocycles. The second kappa shape index (κ2) is 9.56. The van der Waals surface area contributed by atoms with E-state index in [4.69, 9.17) is 14.2 Å². The number of carbonyl (C=O) groups is 1. The summed E-state index contributed by atoms with van der Waals surface area (Å²) in [6.45, 7) is 5.50. The zero-order chi connectivity index (χ0) is 12.4. The lowest BCUT2D eigenvalue weighted by atomic mass is 10.3. The Kier molecular flexibility index (Phi) is 9.17. The van der Waals surface area contributed by atoms with Gasteiger partial charge in [0.05, 0.1) is 5.73 Å². The minimum atomic E-state index is -0.768. The summed E-state index contributed by atoms with van der Waals surface area (Å²) < 4.78 is 15.6. The highest BCUT2D eigenvalue weighted by Gasteiger charge is 2.19. The molecule has 0 aromatic rings. The molecular weight excluding hydrogens is 224 g/mol. The van der Waals surface area contributed by atoms with Crippen molar-refractivity contribution in [3.8, 4) is 0 Å². The molecule has 0 amide bonds. The van der Waals surface area contributed by atoms with Gasteiger partial charge < -0.3 is 14.2 Å². The Hall–Kier alpha value is -0.653. The topological polar surface area (TPSA) is 44.8 Å². The third-order valence-corrected chi connectivity index (χ3v) is 4.46. The normalized spacial score (nSPS) is 13.2. The van der Waals surface area contributed by atoms with Crippen molar-refractivity contribution >= 4 is 15.5 Å². The lowest BCUT2D eigenvalue weighted by molar-refractivity contribution is -0.140. The van der Waals surface area contributed by atoms with Crippen molar-refractivity contribution in [2.24, 2.45) is 0 Å². The fourth-order valence-electron chi connectivity index (χ4n) is 1.37. The van der Waals surface area contributed by atoms with Gasteiger partial charge in [0.1, 0.15) is 15.4 Å². The molecule has 5 heteroatoms. The van der Waals surface area contributed by atoms with Gasteiger partial charge in [-0.3, -0.25) is 0 Å². The molecule has 16 heavy (non-hydrogen) atoms. The van der Waals surface area contributed by atoms with Crippen molar-refractivity contribution < 1.29 is 19.0 Å². The maximum atomic E-state index is 11.1. The van der Waals surface area contributed by atoms with Gasteiger partial charge in [0.15, 0.2) is 0 Å². The fraction of sp³-hybridized carbons (Fsp3) is 0.727. The number of hydrogen-bond acceptors (Lipinski definition) is 4. The first-order chi connectivity index (χ1) is 7.67. The third-order valence-electron chi connectivity index (χ3n) is 2.31. The number of carbonyl (C=O) groups excluding carboxylic acids is 1. The van der Waals surface area contributed by atoms with Gasteiger partial charge in [-0.25, -0.2) is 4.79 Å². The van der Waals surface area contributed by atoms with E-state index in [1.165, 1.54) is 6.08 Å². The summed E-state index contributed by atoms with van der Waals surface area (Å²) in [6.07, 6.45) is 4.21. The molecule has 0 saturated heterocycles. The van der Waals surface area contributed by atoms with Crippen LogP contribution in [0.5, 0.6) is 0 Å². The number of unbranched alkanes of at least 4 members (excludes halogenated alkanes) is 1. The highest BCUT2D eigenvalue weighted by atomic mass is 28.2. The van der Waals surface area contributed by atoms with Crippen LogP contribution in [0.3, 0.4) is 0 Å². The molecule has 94 valence electrons. The zero-order valence-electron chi connectivity index (χ0n) is 10.4. The standard InChI is InChI=1S/C11H22O4Si/c1-5-7-8-10(15-9(12)6-2)16-11(13-3)14-4/h6,10-11H,2,5,7-8,16H2,1,3-4H3. The minimum absolute atomic E-state index is 0.0321. The quantitative estimate of drug-likeness (QED) is 0.263. The van der Waals surface area contributed by atoms with Gasteiger partial charge in [-0.2, -0.15) is 0 Å². The van der Waals surface area contributed by atoms with E-state index in [1.807, 2.05) is 0 Å². The molecule has 0 spiro atoms. The Morgan fingerprint density at radius 1 is 1.44 bits per heavy atom. The Morgan fingerprint density at radius 3 is 2.50 bits per heavy atom. The molecule has 0 bridgehead atoms. The van der Waals surface area contributed by atoms with Crippen molar-refractivity contribution in [1.29, 1.82) is 0 Å². The zero-order valence-corrected chi connectivity index (χ0v) is 11.8. The van der Waals surface area contributed by atoms with Gasteiger partial charge >= 0.3 is 5.97 Å². The number of methoxy groups -OCH3 is 2. The highest BCUT2D eigenvalue weighted by Crippen LogP contribution is 2.07. The van der Waals surface area contributed by atoms with Crippen LogP contribution in [-0.2, 0) is 19.0 Å². The number of esters is 1. The van der Waals surface area contributed by atoms with E-state index >= 15 is 0 Å². The molecule has 0 aliphatic heterocycles. The van der Waals surface area contributed by atoms with Crippen LogP contribution < -0.4 is 0 Å². The molecule has 1 unspecified atom stereocenters. The van der Waals surface area contributed by atoms with E-state index in [0.717, 1.165) is 19.3 Å². The molecule has 1 atom stereocenters. The van der Waals surface area contributed by atoms with Gasteiger partial charge in [0.2, 0.25) is 0 Å². The van der Waals surface area contributed by atoms with Crippen LogP contribution in [0, 0.1) is 0 Å². The second-order valence-corrected chi connectivity index (χ2v) is 5.59. The second-order valence-electron chi connectivity index (χ2n) is 3.54. The SMILES string of the molecule is C=CC(=O)OC(CCCC)[SiH2]C(OC)OC. The average molecular weight is 246 g/mol. The van der Waals surface area contributed by atoms with Gasteiger partial charge in [-0.15, -0.1) is 0 Å². The minimum Gasteiger partial charge on any atom is -0.464 e. The predicted octanol–water partition coefficient (Wildman–Crippen LogP) is 0.977. The smallest absolute Gasteiger partial charge is 0.330 e. The molecular formula is C11H22O4Si. The van der Waals surface area contributed by atoms with Crippen molar-refractivity contribution in [3.63, 3.8) is 0 Å². The fourth-order valence-corrected chi connectivity index (χ4v) is 2.97. The van der Waals surface area contributed by atoms with Crippen LogP contribution in [0.2, 0.25) is 0 Å². The first kappa shape index (κ1) is 15.3. The molecule has 0 aliphatic carbocycles. The summed E-state index contributed by atoms with van der Waals surface area (Å²) >= 11 is 0.